The highest BCUT2D eigenvalue weighted by Crippen LogP contribution is 2.38. The average molecular weight is 331 g/mol. The lowest BCUT2D eigenvalue weighted by Crippen LogP contribution is -2.56. The number of piperidine rings is 1. The van der Waals surface area contributed by atoms with E-state index in [0.717, 1.165) is 19.4 Å². The van der Waals surface area contributed by atoms with Crippen LogP contribution in [0.15, 0.2) is 21.7 Å². The van der Waals surface area contributed by atoms with Crippen molar-refractivity contribution in [3.05, 3.63) is 17.5 Å². The maximum absolute atomic E-state index is 12.5. The SMILES string of the molecule is CO[C@H]1CCCOC12CCN(S(=O)(=O)c1cccs1)CC2. The summed E-state index contributed by atoms with van der Waals surface area (Å²) in [7, 11) is -1.62. The van der Waals surface area contributed by atoms with Crippen LogP contribution in [0.1, 0.15) is 25.7 Å². The lowest BCUT2D eigenvalue weighted by molar-refractivity contribution is -0.182. The predicted octanol–water partition coefficient (Wildman–Crippen LogP) is 2.10. The molecule has 1 spiro atoms. The topological polar surface area (TPSA) is 55.8 Å². The fourth-order valence-corrected chi connectivity index (χ4v) is 5.93. The maximum atomic E-state index is 12.5. The van der Waals surface area contributed by atoms with Crippen molar-refractivity contribution in [3.63, 3.8) is 0 Å². The summed E-state index contributed by atoms with van der Waals surface area (Å²) in [5.74, 6) is 0. The number of hydrogen-bond donors (Lipinski definition) is 0. The number of hydrogen-bond acceptors (Lipinski definition) is 5. The highest BCUT2D eigenvalue weighted by Gasteiger charge is 2.46. The van der Waals surface area contributed by atoms with Crippen LogP contribution in [0.2, 0.25) is 0 Å². The Morgan fingerprint density at radius 3 is 2.81 bits per heavy atom. The van der Waals surface area contributed by atoms with Gasteiger partial charge in [-0.15, -0.1) is 11.3 Å². The van der Waals surface area contributed by atoms with Crippen LogP contribution in [0.5, 0.6) is 0 Å². The van der Waals surface area contributed by atoms with Crippen LogP contribution >= 0.6 is 11.3 Å². The minimum atomic E-state index is -3.34. The molecule has 2 saturated heterocycles. The van der Waals surface area contributed by atoms with Crippen molar-refractivity contribution >= 4 is 21.4 Å². The van der Waals surface area contributed by atoms with Gasteiger partial charge in [0, 0.05) is 26.8 Å². The van der Waals surface area contributed by atoms with Crippen molar-refractivity contribution in [2.45, 2.75) is 41.6 Å². The van der Waals surface area contributed by atoms with E-state index in [1.807, 2.05) is 0 Å². The van der Waals surface area contributed by atoms with E-state index in [1.165, 1.54) is 11.3 Å². The van der Waals surface area contributed by atoms with E-state index >= 15 is 0 Å². The van der Waals surface area contributed by atoms with Gasteiger partial charge in [0.25, 0.3) is 10.0 Å². The Labute approximate surface area is 129 Å². The fourth-order valence-electron chi connectivity index (χ4n) is 3.34. The molecule has 0 amide bonds. The van der Waals surface area contributed by atoms with E-state index in [2.05, 4.69) is 0 Å². The van der Waals surface area contributed by atoms with Crippen LogP contribution in [0.3, 0.4) is 0 Å². The minimum absolute atomic E-state index is 0.0813. The van der Waals surface area contributed by atoms with Crippen LogP contribution in [0.25, 0.3) is 0 Å². The monoisotopic (exact) mass is 331 g/mol. The zero-order chi connectivity index (χ0) is 14.9. The third kappa shape index (κ3) is 2.77. The van der Waals surface area contributed by atoms with Crippen LogP contribution in [0.4, 0.5) is 0 Å². The van der Waals surface area contributed by atoms with Gasteiger partial charge >= 0.3 is 0 Å². The Hall–Kier alpha value is -0.470. The van der Waals surface area contributed by atoms with Gasteiger partial charge in [-0.3, -0.25) is 0 Å². The molecule has 7 heteroatoms. The Kier molecular flexibility index (Phi) is 4.38. The smallest absolute Gasteiger partial charge is 0.252 e. The predicted molar refractivity (Wildman–Crippen MR) is 81.0 cm³/mol. The Morgan fingerprint density at radius 2 is 2.19 bits per heavy atom. The number of rotatable bonds is 3. The van der Waals surface area contributed by atoms with Gasteiger partial charge < -0.3 is 9.47 Å². The van der Waals surface area contributed by atoms with Crippen molar-refractivity contribution in [3.8, 4) is 0 Å². The summed E-state index contributed by atoms with van der Waals surface area (Å²) in [4.78, 5) is 0. The summed E-state index contributed by atoms with van der Waals surface area (Å²) in [5.41, 5.74) is -0.297. The van der Waals surface area contributed by atoms with E-state index in [9.17, 15) is 8.42 Å². The summed E-state index contributed by atoms with van der Waals surface area (Å²) in [6.07, 6.45) is 3.50. The summed E-state index contributed by atoms with van der Waals surface area (Å²) >= 11 is 1.27. The number of sulfonamides is 1. The zero-order valence-corrected chi connectivity index (χ0v) is 13.8. The van der Waals surface area contributed by atoms with E-state index in [-0.39, 0.29) is 11.7 Å². The highest BCUT2D eigenvalue weighted by atomic mass is 32.2. The number of methoxy groups -OCH3 is 1. The molecular formula is C14H21NO4S2. The summed E-state index contributed by atoms with van der Waals surface area (Å²) < 4.78 is 38.7. The van der Waals surface area contributed by atoms with Crippen LogP contribution in [-0.4, -0.2) is 51.2 Å². The van der Waals surface area contributed by atoms with E-state index in [0.29, 0.717) is 30.1 Å². The Morgan fingerprint density at radius 1 is 1.43 bits per heavy atom. The first-order valence-electron chi connectivity index (χ1n) is 7.29. The van der Waals surface area contributed by atoms with Crippen molar-refractivity contribution in [1.29, 1.82) is 0 Å². The summed E-state index contributed by atoms with van der Waals surface area (Å²) in [5, 5.41) is 1.80. The molecule has 118 valence electrons. The van der Waals surface area contributed by atoms with Gasteiger partial charge in [0.1, 0.15) is 4.21 Å². The molecule has 0 aromatic carbocycles. The molecule has 1 atom stereocenters. The van der Waals surface area contributed by atoms with Gasteiger partial charge in [0.05, 0.1) is 11.7 Å². The molecule has 2 aliphatic heterocycles. The molecule has 0 N–H and O–H groups in total. The zero-order valence-electron chi connectivity index (χ0n) is 12.2. The van der Waals surface area contributed by atoms with Crippen LogP contribution < -0.4 is 0 Å². The molecular weight excluding hydrogens is 310 g/mol. The van der Waals surface area contributed by atoms with Gasteiger partial charge in [-0.1, -0.05) is 6.07 Å². The second-order valence-corrected chi connectivity index (χ2v) is 8.73. The summed E-state index contributed by atoms with van der Waals surface area (Å²) in [6.45, 7) is 1.75. The molecule has 5 nitrogen and oxygen atoms in total. The molecule has 1 aromatic heterocycles. The molecule has 3 rings (SSSR count). The van der Waals surface area contributed by atoms with Crippen LogP contribution in [-0.2, 0) is 19.5 Å². The van der Waals surface area contributed by atoms with Gasteiger partial charge in [0.15, 0.2) is 0 Å². The second kappa shape index (κ2) is 5.96. The van der Waals surface area contributed by atoms with E-state index < -0.39 is 10.0 Å². The van der Waals surface area contributed by atoms with Gasteiger partial charge in [-0.25, -0.2) is 8.42 Å². The molecule has 0 radical (unpaired) electrons. The first-order valence-corrected chi connectivity index (χ1v) is 9.61. The minimum Gasteiger partial charge on any atom is -0.378 e. The van der Waals surface area contributed by atoms with Crippen molar-refractivity contribution in [1.82, 2.24) is 4.31 Å². The molecule has 0 saturated carbocycles. The molecule has 1 aromatic rings. The third-order valence-corrected chi connectivity index (χ3v) is 7.80. The van der Waals surface area contributed by atoms with Crippen molar-refractivity contribution < 1.29 is 17.9 Å². The first-order chi connectivity index (χ1) is 10.1. The fraction of sp³-hybridized carbons (Fsp3) is 0.714. The first kappa shape index (κ1) is 15.4. The quantitative estimate of drug-likeness (QED) is 0.851. The van der Waals surface area contributed by atoms with Gasteiger partial charge in [-0.2, -0.15) is 4.31 Å². The van der Waals surface area contributed by atoms with Crippen molar-refractivity contribution in [2.75, 3.05) is 26.8 Å². The third-order valence-electron chi connectivity index (χ3n) is 4.53. The molecule has 21 heavy (non-hydrogen) atoms. The average Bonchev–Trinajstić information content (AvgIpc) is 3.03. The highest BCUT2D eigenvalue weighted by molar-refractivity contribution is 7.91. The second-order valence-electron chi connectivity index (χ2n) is 5.62. The van der Waals surface area contributed by atoms with Gasteiger partial charge in [-0.05, 0) is 37.1 Å². The number of nitrogens with zero attached hydrogens (tertiary/aromatic N) is 1. The molecule has 0 bridgehead atoms. The molecule has 3 heterocycles. The lowest BCUT2D eigenvalue weighted by atomic mass is 9.82. The van der Waals surface area contributed by atoms with Crippen molar-refractivity contribution in [2.24, 2.45) is 0 Å². The maximum Gasteiger partial charge on any atom is 0.252 e. The van der Waals surface area contributed by atoms with E-state index in [1.54, 1.807) is 28.9 Å². The normalized spacial score (nSPS) is 27.0. The molecule has 2 fully saturated rings. The Bertz CT molecular complexity index is 562. The molecule has 2 aliphatic rings. The standard InChI is InChI=1S/C14H21NO4S2/c1-18-12-4-2-10-19-14(12)6-8-15(9-7-14)21(16,17)13-5-3-11-20-13/h3,5,11-12H,2,4,6-10H2,1H3/t12-/m0/s1. The lowest BCUT2D eigenvalue weighted by Gasteiger charge is -2.47. The Balaban J connectivity index is 1.73. The number of thiophene rings is 1. The molecule has 0 aliphatic carbocycles. The molecule has 0 unspecified atom stereocenters. The number of ether oxygens (including phenoxy) is 2. The summed E-state index contributed by atoms with van der Waals surface area (Å²) in [6, 6.07) is 3.44. The largest absolute Gasteiger partial charge is 0.378 e. The van der Waals surface area contributed by atoms with Crippen LogP contribution in [0, 0.1) is 0 Å². The van der Waals surface area contributed by atoms with Gasteiger partial charge in [0.2, 0.25) is 0 Å². The van der Waals surface area contributed by atoms with E-state index in [4.69, 9.17) is 9.47 Å².